The van der Waals surface area contributed by atoms with Gasteiger partial charge in [-0.3, -0.25) is 4.79 Å². The number of aromatic amines is 1. The lowest BCUT2D eigenvalue weighted by atomic mass is 10.1. The van der Waals surface area contributed by atoms with Crippen molar-refractivity contribution in [1.82, 2.24) is 15.0 Å². The minimum Gasteiger partial charge on any atom is -0.357 e. The number of aromatic nitrogens is 3. The Morgan fingerprint density at radius 2 is 1.85 bits per heavy atom. The molecule has 1 aromatic carbocycles. The summed E-state index contributed by atoms with van der Waals surface area (Å²) >= 11 is 0. The number of benzene rings is 1. The van der Waals surface area contributed by atoms with Crippen LogP contribution in [0.4, 0.5) is 17.5 Å². The van der Waals surface area contributed by atoms with Gasteiger partial charge in [-0.25, -0.2) is 4.98 Å². The first-order chi connectivity index (χ1) is 13.0. The normalized spacial score (nSPS) is 11.0. The van der Waals surface area contributed by atoms with Crippen molar-refractivity contribution in [2.24, 2.45) is 0 Å². The standard InChI is InChI=1S/C21H27N5O/c1-5-8-15-13-19(26(6-2)7-3)25-21(22-15)23-16-9-10-17-14(4)11-20(27)24-18(17)12-16/h9-13H,5-8H2,1-4H3,(H,24,27)(H,22,23,25). The van der Waals surface area contributed by atoms with Gasteiger partial charge in [0.2, 0.25) is 11.5 Å². The van der Waals surface area contributed by atoms with Crippen LogP contribution in [0.15, 0.2) is 35.1 Å². The van der Waals surface area contributed by atoms with E-state index in [1.807, 2.05) is 25.1 Å². The predicted molar refractivity (Wildman–Crippen MR) is 112 cm³/mol. The fourth-order valence-corrected chi connectivity index (χ4v) is 3.27. The van der Waals surface area contributed by atoms with Gasteiger partial charge in [-0.15, -0.1) is 0 Å². The van der Waals surface area contributed by atoms with Crippen molar-refractivity contribution in [2.75, 3.05) is 23.3 Å². The van der Waals surface area contributed by atoms with Crippen LogP contribution in [0.2, 0.25) is 0 Å². The summed E-state index contributed by atoms with van der Waals surface area (Å²) in [5, 5.41) is 4.34. The number of nitrogens with one attached hydrogen (secondary N) is 2. The molecule has 3 aromatic rings. The molecule has 0 aliphatic carbocycles. The fraction of sp³-hybridized carbons (Fsp3) is 0.381. The molecule has 6 heteroatoms. The molecule has 0 radical (unpaired) electrons. The lowest BCUT2D eigenvalue weighted by Gasteiger charge is -2.21. The maximum absolute atomic E-state index is 11.8. The van der Waals surface area contributed by atoms with Gasteiger partial charge in [0.05, 0.1) is 5.52 Å². The van der Waals surface area contributed by atoms with Crippen LogP contribution in [0.1, 0.15) is 38.4 Å². The molecule has 0 aliphatic rings. The molecule has 2 aromatic heterocycles. The van der Waals surface area contributed by atoms with E-state index in [1.165, 1.54) is 0 Å². The summed E-state index contributed by atoms with van der Waals surface area (Å²) in [6.45, 7) is 10.1. The molecule has 0 amide bonds. The van der Waals surface area contributed by atoms with Crippen molar-refractivity contribution in [2.45, 2.75) is 40.5 Å². The number of hydrogen-bond donors (Lipinski definition) is 2. The predicted octanol–water partition coefficient (Wildman–Crippen LogP) is 4.17. The van der Waals surface area contributed by atoms with E-state index in [-0.39, 0.29) is 5.56 Å². The van der Waals surface area contributed by atoms with Crippen molar-refractivity contribution < 1.29 is 0 Å². The fourth-order valence-electron chi connectivity index (χ4n) is 3.27. The van der Waals surface area contributed by atoms with E-state index in [2.05, 4.69) is 47.0 Å². The highest BCUT2D eigenvalue weighted by molar-refractivity contribution is 5.85. The summed E-state index contributed by atoms with van der Waals surface area (Å²) < 4.78 is 0. The van der Waals surface area contributed by atoms with Crippen LogP contribution in [0, 0.1) is 6.92 Å². The van der Waals surface area contributed by atoms with Crippen molar-refractivity contribution in [3.05, 3.63) is 51.9 Å². The average Bonchev–Trinajstić information content (AvgIpc) is 2.62. The quantitative estimate of drug-likeness (QED) is 0.657. The highest BCUT2D eigenvalue weighted by Gasteiger charge is 2.10. The Morgan fingerprint density at radius 1 is 1.07 bits per heavy atom. The van der Waals surface area contributed by atoms with Gasteiger partial charge >= 0.3 is 0 Å². The molecule has 27 heavy (non-hydrogen) atoms. The number of anilines is 3. The summed E-state index contributed by atoms with van der Waals surface area (Å²) in [5.74, 6) is 1.52. The smallest absolute Gasteiger partial charge is 0.248 e. The molecular weight excluding hydrogens is 338 g/mol. The van der Waals surface area contributed by atoms with Crippen molar-refractivity contribution in [3.63, 3.8) is 0 Å². The minimum absolute atomic E-state index is 0.0952. The van der Waals surface area contributed by atoms with Gasteiger partial charge in [0.15, 0.2) is 0 Å². The highest BCUT2D eigenvalue weighted by Crippen LogP contribution is 2.23. The van der Waals surface area contributed by atoms with Crippen LogP contribution in [0.3, 0.4) is 0 Å². The zero-order valence-electron chi connectivity index (χ0n) is 16.5. The van der Waals surface area contributed by atoms with Crippen LogP contribution in [0.25, 0.3) is 10.9 Å². The van der Waals surface area contributed by atoms with E-state index < -0.39 is 0 Å². The number of rotatable bonds is 7. The maximum Gasteiger partial charge on any atom is 0.248 e. The second kappa shape index (κ2) is 8.20. The number of aryl methyl sites for hydroxylation is 2. The van der Waals surface area contributed by atoms with Crippen molar-refractivity contribution in [1.29, 1.82) is 0 Å². The first-order valence-electron chi connectivity index (χ1n) is 9.57. The van der Waals surface area contributed by atoms with Crippen LogP contribution in [-0.4, -0.2) is 28.0 Å². The van der Waals surface area contributed by atoms with Crippen molar-refractivity contribution >= 4 is 28.4 Å². The lowest BCUT2D eigenvalue weighted by Crippen LogP contribution is -2.23. The van der Waals surface area contributed by atoms with Gasteiger partial charge in [0, 0.05) is 42.0 Å². The average molecular weight is 365 g/mol. The molecular formula is C21H27N5O. The molecule has 0 aliphatic heterocycles. The second-order valence-corrected chi connectivity index (χ2v) is 6.67. The second-order valence-electron chi connectivity index (χ2n) is 6.67. The lowest BCUT2D eigenvalue weighted by molar-refractivity contribution is 0.824. The van der Waals surface area contributed by atoms with Gasteiger partial charge in [0.1, 0.15) is 5.82 Å². The maximum atomic E-state index is 11.8. The molecule has 0 fully saturated rings. The largest absolute Gasteiger partial charge is 0.357 e. The SMILES string of the molecule is CCCc1cc(N(CC)CC)nc(Nc2ccc3c(C)cc(=O)[nH]c3c2)n1. The molecule has 3 rings (SSSR count). The van der Waals surface area contributed by atoms with Crippen LogP contribution in [0.5, 0.6) is 0 Å². The van der Waals surface area contributed by atoms with E-state index in [9.17, 15) is 4.79 Å². The summed E-state index contributed by atoms with van der Waals surface area (Å²) in [4.78, 5) is 26.2. The molecule has 0 saturated carbocycles. The van der Waals surface area contributed by atoms with Crippen molar-refractivity contribution in [3.8, 4) is 0 Å². The topological polar surface area (TPSA) is 73.9 Å². The Bertz CT molecular complexity index is 992. The summed E-state index contributed by atoms with van der Waals surface area (Å²) in [6, 6.07) is 9.60. The van der Waals surface area contributed by atoms with E-state index in [4.69, 9.17) is 4.98 Å². The van der Waals surface area contributed by atoms with Gasteiger partial charge in [-0.05, 0) is 44.9 Å². The third-order valence-electron chi connectivity index (χ3n) is 4.67. The molecule has 0 saturated heterocycles. The zero-order valence-corrected chi connectivity index (χ0v) is 16.5. The summed E-state index contributed by atoms with van der Waals surface area (Å²) in [6.07, 6.45) is 1.94. The van der Waals surface area contributed by atoms with Crippen LogP contribution < -0.4 is 15.8 Å². The first-order valence-corrected chi connectivity index (χ1v) is 9.57. The third-order valence-corrected chi connectivity index (χ3v) is 4.67. The van der Waals surface area contributed by atoms with E-state index in [1.54, 1.807) is 6.07 Å². The number of pyridine rings is 1. The molecule has 2 N–H and O–H groups in total. The van der Waals surface area contributed by atoms with Gasteiger partial charge in [-0.1, -0.05) is 19.4 Å². The molecule has 142 valence electrons. The third kappa shape index (κ3) is 4.27. The highest BCUT2D eigenvalue weighted by atomic mass is 16.1. The molecule has 0 atom stereocenters. The minimum atomic E-state index is -0.0952. The molecule has 6 nitrogen and oxygen atoms in total. The van der Waals surface area contributed by atoms with E-state index in [0.29, 0.717) is 5.95 Å². The zero-order chi connectivity index (χ0) is 19.4. The Hall–Kier alpha value is -2.89. The van der Waals surface area contributed by atoms with Crippen LogP contribution in [-0.2, 0) is 6.42 Å². The Morgan fingerprint density at radius 3 is 2.56 bits per heavy atom. The Kier molecular flexibility index (Phi) is 5.74. The molecule has 0 spiro atoms. The first kappa shape index (κ1) is 18.9. The molecule has 2 heterocycles. The monoisotopic (exact) mass is 365 g/mol. The Labute approximate surface area is 159 Å². The number of nitrogens with zero attached hydrogens (tertiary/aromatic N) is 3. The molecule has 0 bridgehead atoms. The molecule has 0 unspecified atom stereocenters. The van der Waals surface area contributed by atoms with E-state index in [0.717, 1.165) is 59.6 Å². The summed E-state index contributed by atoms with van der Waals surface area (Å²) in [5.41, 5.74) is 3.55. The van der Waals surface area contributed by atoms with Gasteiger partial charge in [0.25, 0.3) is 0 Å². The summed E-state index contributed by atoms with van der Waals surface area (Å²) in [7, 11) is 0. The van der Waals surface area contributed by atoms with Gasteiger partial charge in [-0.2, -0.15) is 4.98 Å². The Balaban J connectivity index is 1.98. The van der Waals surface area contributed by atoms with Crippen LogP contribution >= 0.6 is 0 Å². The number of hydrogen-bond acceptors (Lipinski definition) is 5. The number of fused-ring (bicyclic) bond motifs is 1. The van der Waals surface area contributed by atoms with Gasteiger partial charge < -0.3 is 15.2 Å². The number of H-pyrrole nitrogens is 1. The van der Waals surface area contributed by atoms with E-state index >= 15 is 0 Å².